The summed E-state index contributed by atoms with van der Waals surface area (Å²) in [7, 11) is 3.62. The molecule has 1 saturated carbocycles. The van der Waals surface area contributed by atoms with Gasteiger partial charge in [0.05, 0.1) is 7.11 Å². The molecule has 0 amide bonds. The van der Waals surface area contributed by atoms with Crippen molar-refractivity contribution < 1.29 is 4.74 Å². The Balaban J connectivity index is 1.66. The Hall–Kier alpha value is -2.14. The summed E-state index contributed by atoms with van der Waals surface area (Å²) in [6.07, 6.45) is 6.35. The number of anilines is 2. The lowest BCUT2D eigenvalue weighted by Crippen LogP contribution is -2.17. The summed E-state index contributed by atoms with van der Waals surface area (Å²) in [4.78, 5) is 10.8. The fourth-order valence-corrected chi connectivity index (χ4v) is 2.08. The second-order valence-corrected chi connectivity index (χ2v) is 5.30. The van der Waals surface area contributed by atoms with Gasteiger partial charge in [0.15, 0.2) is 0 Å². The first-order valence-corrected chi connectivity index (χ1v) is 7.18. The lowest BCUT2D eigenvalue weighted by molar-refractivity contribution is 0.415. The van der Waals surface area contributed by atoms with E-state index in [0.29, 0.717) is 12.0 Å². The largest absolute Gasteiger partial charge is 0.497 e. The second kappa shape index (κ2) is 6.10. The first kappa shape index (κ1) is 13.8. The van der Waals surface area contributed by atoms with Gasteiger partial charge in [-0.1, -0.05) is 0 Å². The molecule has 1 N–H and O–H groups in total. The van der Waals surface area contributed by atoms with Crippen molar-refractivity contribution >= 4 is 11.6 Å². The zero-order valence-corrected chi connectivity index (χ0v) is 12.4. The molecule has 1 heterocycles. The maximum Gasteiger partial charge on any atom is 0.229 e. The number of ether oxygens (including phenoxy) is 1. The van der Waals surface area contributed by atoms with Gasteiger partial charge in [0.25, 0.3) is 0 Å². The van der Waals surface area contributed by atoms with E-state index in [2.05, 4.69) is 15.3 Å². The van der Waals surface area contributed by atoms with E-state index >= 15 is 0 Å². The zero-order chi connectivity index (χ0) is 14.7. The topological polar surface area (TPSA) is 50.3 Å². The average molecular weight is 284 g/mol. The van der Waals surface area contributed by atoms with E-state index in [-0.39, 0.29) is 0 Å². The van der Waals surface area contributed by atoms with Crippen molar-refractivity contribution in [1.29, 1.82) is 0 Å². The van der Waals surface area contributed by atoms with E-state index in [0.717, 1.165) is 23.5 Å². The van der Waals surface area contributed by atoms with Crippen LogP contribution in [0.15, 0.2) is 36.7 Å². The predicted molar refractivity (Wildman–Crippen MR) is 83.0 cm³/mol. The molecule has 0 atom stereocenters. The fraction of sp³-hybridized carbons (Fsp3) is 0.375. The van der Waals surface area contributed by atoms with Crippen molar-refractivity contribution in [1.82, 2.24) is 15.3 Å². The number of nitrogens with zero attached hydrogens (tertiary/aromatic N) is 3. The summed E-state index contributed by atoms with van der Waals surface area (Å²) in [5, 5.41) is 3.46. The molecule has 2 aromatic rings. The van der Waals surface area contributed by atoms with Crippen molar-refractivity contribution in [3.63, 3.8) is 0 Å². The van der Waals surface area contributed by atoms with E-state index < -0.39 is 0 Å². The SMILES string of the molecule is COc1ccc(N(C)c2ncc(CNC3CC3)cn2)cc1. The number of rotatable bonds is 6. The summed E-state index contributed by atoms with van der Waals surface area (Å²) >= 11 is 0. The molecule has 0 aliphatic heterocycles. The van der Waals surface area contributed by atoms with Crippen LogP contribution in [0.25, 0.3) is 0 Å². The molecule has 5 heteroatoms. The number of hydrogen-bond acceptors (Lipinski definition) is 5. The van der Waals surface area contributed by atoms with Crippen molar-refractivity contribution in [3.05, 3.63) is 42.2 Å². The van der Waals surface area contributed by atoms with Crippen LogP contribution in [-0.4, -0.2) is 30.2 Å². The normalized spacial score (nSPS) is 14.0. The molecule has 0 saturated heterocycles. The Labute approximate surface area is 125 Å². The van der Waals surface area contributed by atoms with Crippen LogP contribution in [0.5, 0.6) is 5.75 Å². The minimum atomic E-state index is 0.690. The first-order chi connectivity index (χ1) is 10.3. The Morgan fingerprint density at radius 1 is 1.19 bits per heavy atom. The van der Waals surface area contributed by atoms with Crippen LogP contribution in [0.1, 0.15) is 18.4 Å². The number of benzene rings is 1. The van der Waals surface area contributed by atoms with E-state index in [9.17, 15) is 0 Å². The molecule has 1 aliphatic rings. The third-order valence-electron chi connectivity index (χ3n) is 3.62. The van der Waals surface area contributed by atoms with Gasteiger partial charge >= 0.3 is 0 Å². The van der Waals surface area contributed by atoms with E-state index in [1.807, 2.05) is 48.6 Å². The van der Waals surface area contributed by atoms with Crippen LogP contribution in [0.3, 0.4) is 0 Å². The van der Waals surface area contributed by atoms with Crippen LogP contribution in [-0.2, 0) is 6.54 Å². The standard InChI is InChI=1S/C16H20N4O/c1-20(14-5-7-15(21-2)8-6-14)16-18-10-12(11-19-16)9-17-13-3-4-13/h5-8,10-11,13,17H,3-4,9H2,1-2H3. The van der Waals surface area contributed by atoms with Gasteiger partial charge in [-0.2, -0.15) is 0 Å². The van der Waals surface area contributed by atoms with Crippen molar-refractivity contribution in [2.75, 3.05) is 19.1 Å². The Bertz CT molecular complexity index is 578. The number of methoxy groups -OCH3 is 1. The van der Waals surface area contributed by atoms with Crippen LogP contribution < -0.4 is 15.0 Å². The van der Waals surface area contributed by atoms with Gasteiger partial charge in [-0.15, -0.1) is 0 Å². The summed E-state index contributed by atoms with van der Waals surface area (Å²) in [6, 6.07) is 8.54. The first-order valence-electron chi connectivity index (χ1n) is 7.18. The average Bonchev–Trinajstić information content (AvgIpc) is 3.37. The summed E-state index contributed by atoms with van der Waals surface area (Å²) in [6.45, 7) is 0.844. The Morgan fingerprint density at radius 2 is 1.86 bits per heavy atom. The molecule has 1 aliphatic carbocycles. The van der Waals surface area contributed by atoms with Gasteiger partial charge < -0.3 is 15.0 Å². The highest BCUT2D eigenvalue weighted by Gasteiger charge is 2.20. The van der Waals surface area contributed by atoms with Gasteiger partial charge in [0.2, 0.25) is 5.95 Å². The Morgan fingerprint density at radius 3 is 2.43 bits per heavy atom. The van der Waals surface area contributed by atoms with Crippen molar-refractivity contribution in [3.8, 4) is 5.75 Å². The quantitative estimate of drug-likeness (QED) is 0.883. The number of nitrogens with one attached hydrogen (secondary N) is 1. The second-order valence-electron chi connectivity index (χ2n) is 5.30. The highest BCUT2D eigenvalue weighted by Crippen LogP contribution is 2.23. The smallest absolute Gasteiger partial charge is 0.229 e. The van der Waals surface area contributed by atoms with Gasteiger partial charge in [-0.25, -0.2) is 9.97 Å². The molecule has 0 spiro atoms. The molecule has 5 nitrogen and oxygen atoms in total. The van der Waals surface area contributed by atoms with Crippen molar-refractivity contribution in [2.24, 2.45) is 0 Å². The van der Waals surface area contributed by atoms with Crippen LogP contribution in [0.4, 0.5) is 11.6 Å². The molecule has 0 bridgehead atoms. The fourth-order valence-electron chi connectivity index (χ4n) is 2.08. The molecule has 3 rings (SSSR count). The highest BCUT2D eigenvalue weighted by molar-refractivity contribution is 5.57. The minimum absolute atomic E-state index is 0.690. The zero-order valence-electron chi connectivity index (χ0n) is 12.4. The number of hydrogen-bond donors (Lipinski definition) is 1. The molecule has 0 unspecified atom stereocenters. The van der Waals surface area contributed by atoms with Gasteiger partial charge in [0, 0.05) is 43.3 Å². The van der Waals surface area contributed by atoms with E-state index in [1.54, 1.807) is 7.11 Å². The maximum atomic E-state index is 5.16. The molecule has 21 heavy (non-hydrogen) atoms. The lowest BCUT2D eigenvalue weighted by Gasteiger charge is -2.17. The monoisotopic (exact) mass is 284 g/mol. The molecule has 1 fully saturated rings. The summed E-state index contributed by atoms with van der Waals surface area (Å²) < 4.78 is 5.16. The van der Waals surface area contributed by atoms with Gasteiger partial charge in [-0.3, -0.25) is 0 Å². The Kier molecular flexibility index (Phi) is 4.01. The molecule has 0 radical (unpaired) electrons. The van der Waals surface area contributed by atoms with Gasteiger partial charge in [-0.05, 0) is 37.1 Å². The maximum absolute atomic E-state index is 5.16. The van der Waals surface area contributed by atoms with E-state index in [1.165, 1.54) is 12.8 Å². The third-order valence-corrected chi connectivity index (χ3v) is 3.62. The highest BCUT2D eigenvalue weighted by atomic mass is 16.5. The molecule has 1 aromatic carbocycles. The van der Waals surface area contributed by atoms with Crippen LogP contribution in [0.2, 0.25) is 0 Å². The summed E-state index contributed by atoms with van der Waals surface area (Å²) in [5.41, 5.74) is 2.15. The van der Waals surface area contributed by atoms with Gasteiger partial charge in [0.1, 0.15) is 5.75 Å². The van der Waals surface area contributed by atoms with E-state index in [4.69, 9.17) is 4.74 Å². The minimum Gasteiger partial charge on any atom is -0.497 e. The molecule has 110 valence electrons. The molecular formula is C16H20N4O. The lowest BCUT2D eigenvalue weighted by atomic mass is 10.3. The van der Waals surface area contributed by atoms with Crippen LogP contribution in [0, 0.1) is 0 Å². The third kappa shape index (κ3) is 3.49. The predicted octanol–water partition coefficient (Wildman–Crippen LogP) is 2.51. The molecule has 1 aromatic heterocycles. The van der Waals surface area contributed by atoms with Crippen LogP contribution >= 0.6 is 0 Å². The molecular weight excluding hydrogens is 264 g/mol. The summed E-state index contributed by atoms with van der Waals surface area (Å²) in [5.74, 6) is 1.53. The van der Waals surface area contributed by atoms with Crippen molar-refractivity contribution in [2.45, 2.75) is 25.4 Å². The number of aromatic nitrogens is 2.